The molecule has 2 aliphatic rings. The molecule has 0 aromatic heterocycles. The average molecular weight is 364 g/mol. The minimum atomic E-state index is -1.63. The molecule has 0 amide bonds. The summed E-state index contributed by atoms with van der Waals surface area (Å²) in [4.78, 5) is 32.9. The predicted octanol–water partition coefficient (Wildman–Crippen LogP) is -3.53. The van der Waals surface area contributed by atoms with Crippen molar-refractivity contribution in [1.29, 1.82) is 0 Å². The zero-order valence-corrected chi connectivity index (χ0v) is 13.8. The number of aliphatic hydroxyl groups excluding tert-OH is 4. The summed E-state index contributed by atoms with van der Waals surface area (Å²) in [6.45, 7) is 2.83. The fourth-order valence-corrected chi connectivity index (χ4v) is 2.92. The summed E-state index contributed by atoms with van der Waals surface area (Å²) in [5, 5.41) is 53.6. The Morgan fingerprint density at radius 1 is 1.12 bits per heavy atom. The summed E-state index contributed by atoms with van der Waals surface area (Å²) in [7, 11) is 0. The van der Waals surface area contributed by atoms with Crippen LogP contribution in [0.15, 0.2) is 0 Å². The van der Waals surface area contributed by atoms with Crippen LogP contribution < -0.4 is 10.6 Å². The van der Waals surface area contributed by atoms with Crippen LogP contribution in [0.2, 0.25) is 0 Å². The molecule has 25 heavy (non-hydrogen) atoms. The largest absolute Gasteiger partial charge is 0.480 e. The van der Waals surface area contributed by atoms with Gasteiger partial charge in [0.25, 0.3) is 0 Å². The van der Waals surface area contributed by atoms with E-state index in [-0.39, 0.29) is 13.0 Å². The molecule has 0 bridgehead atoms. The minimum Gasteiger partial charge on any atom is -0.480 e. The SMILES string of the molecule is CC1NC(C(=O)OOC2(C)CC(C(=O)O)NCC2O)C(O)C(O)C1O. The van der Waals surface area contributed by atoms with Crippen LogP contribution in [-0.2, 0) is 19.4 Å². The van der Waals surface area contributed by atoms with Crippen LogP contribution in [0.1, 0.15) is 20.3 Å². The Morgan fingerprint density at radius 3 is 2.36 bits per heavy atom. The molecule has 2 aliphatic heterocycles. The highest BCUT2D eigenvalue weighted by atomic mass is 17.2. The number of carboxylic acids is 1. The van der Waals surface area contributed by atoms with Crippen molar-refractivity contribution in [2.24, 2.45) is 0 Å². The zero-order valence-electron chi connectivity index (χ0n) is 13.8. The third-order valence-corrected chi connectivity index (χ3v) is 4.73. The highest BCUT2D eigenvalue weighted by molar-refractivity contribution is 5.76. The second-order valence-electron chi connectivity index (χ2n) is 6.72. The van der Waals surface area contributed by atoms with Crippen LogP contribution in [0.25, 0.3) is 0 Å². The van der Waals surface area contributed by atoms with Crippen molar-refractivity contribution in [2.45, 2.75) is 68.4 Å². The van der Waals surface area contributed by atoms with Crippen molar-refractivity contribution in [3.05, 3.63) is 0 Å². The van der Waals surface area contributed by atoms with Crippen molar-refractivity contribution in [1.82, 2.24) is 10.6 Å². The van der Waals surface area contributed by atoms with E-state index in [1.165, 1.54) is 13.8 Å². The van der Waals surface area contributed by atoms with Gasteiger partial charge in [-0.1, -0.05) is 0 Å². The molecule has 11 heteroatoms. The fraction of sp³-hybridized carbons (Fsp3) is 0.857. The first-order valence-electron chi connectivity index (χ1n) is 7.91. The topological polar surface area (TPSA) is 178 Å². The van der Waals surface area contributed by atoms with Gasteiger partial charge in [0.05, 0.1) is 12.2 Å². The van der Waals surface area contributed by atoms with Gasteiger partial charge in [-0.05, 0) is 13.8 Å². The molecular weight excluding hydrogens is 340 g/mol. The lowest BCUT2D eigenvalue weighted by molar-refractivity contribution is -0.354. The molecule has 2 saturated heterocycles. The van der Waals surface area contributed by atoms with Crippen LogP contribution in [0, 0.1) is 0 Å². The van der Waals surface area contributed by atoms with Gasteiger partial charge in [-0.15, -0.1) is 0 Å². The molecule has 2 rings (SSSR count). The van der Waals surface area contributed by atoms with Gasteiger partial charge in [0.1, 0.15) is 29.9 Å². The van der Waals surface area contributed by atoms with E-state index in [1.807, 2.05) is 0 Å². The van der Waals surface area contributed by atoms with Gasteiger partial charge in [-0.2, -0.15) is 4.89 Å². The van der Waals surface area contributed by atoms with Crippen LogP contribution >= 0.6 is 0 Å². The maximum absolute atomic E-state index is 12.1. The second-order valence-corrected chi connectivity index (χ2v) is 6.72. The average Bonchev–Trinajstić information content (AvgIpc) is 2.56. The molecule has 2 fully saturated rings. The number of β-amino-alcohol motifs (C(OH)–C–C–N with tert-alkyl or cyclic N) is 1. The van der Waals surface area contributed by atoms with E-state index in [9.17, 15) is 30.0 Å². The molecule has 11 nitrogen and oxygen atoms in total. The Morgan fingerprint density at radius 2 is 1.76 bits per heavy atom. The quantitative estimate of drug-likeness (QED) is 0.194. The summed E-state index contributed by atoms with van der Waals surface area (Å²) in [5.41, 5.74) is -1.46. The lowest BCUT2D eigenvalue weighted by Crippen LogP contribution is -2.66. The molecule has 0 saturated carbocycles. The number of aliphatic hydroxyl groups is 4. The first-order chi connectivity index (χ1) is 11.6. The predicted molar refractivity (Wildman–Crippen MR) is 80.0 cm³/mol. The maximum Gasteiger partial charge on any atom is 0.361 e. The third-order valence-electron chi connectivity index (χ3n) is 4.73. The van der Waals surface area contributed by atoms with Gasteiger partial charge in [0.2, 0.25) is 0 Å². The van der Waals surface area contributed by atoms with Crippen molar-refractivity contribution in [3.8, 4) is 0 Å². The monoisotopic (exact) mass is 364 g/mol. The number of carboxylic acid groups (broad SMARTS) is 1. The molecule has 8 atom stereocenters. The van der Waals surface area contributed by atoms with Crippen LogP contribution in [-0.4, -0.2) is 92.2 Å². The Bertz CT molecular complexity index is 519. The number of carbonyl (C=O) groups excluding carboxylic acids is 1. The summed E-state index contributed by atoms with van der Waals surface area (Å²) < 4.78 is 0. The number of hydrogen-bond acceptors (Lipinski definition) is 10. The van der Waals surface area contributed by atoms with Crippen molar-refractivity contribution in [2.75, 3.05) is 6.54 Å². The molecule has 7 N–H and O–H groups in total. The fourth-order valence-electron chi connectivity index (χ4n) is 2.92. The smallest absolute Gasteiger partial charge is 0.361 e. The summed E-state index contributed by atoms with van der Waals surface area (Å²) in [5.74, 6) is -2.20. The lowest BCUT2D eigenvalue weighted by Gasteiger charge is -2.41. The number of hydrogen-bond donors (Lipinski definition) is 7. The summed E-state index contributed by atoms with van der Waals surface area (Å²) >= 11 is 0. The zero-order chi connectivity index (χ0) is 18.9. The van der Waals surface area contributed by atoms with E-state index in [0.717, 1.165) is 0 Å². The second kappa shape index (κ2) is 7.50. The summed E-state index contributed by atoms with van der Waals surface area (Å²) in [6.07, 6.45) is -5.73. The number of rotatable bonds is 4. The number of aliphatic carboxylic acids is 1. The van der Waals surface area contributed by atoms with Gasteiger partial charge in [0, 0.05) is 19.0 Å². The van der Waals surface area contributed by atoms with Crippen molar-refractivity contribution < 1.29 is 44.9 Å². The van der Waals surface area contributed by atoms with E-state index >= 15 is 0 Å². The number of nitrogens with one attached hydrogen (secondary N) is 2. The van der Waals surface area contributed by atoms with Gasteiger partial charge < -0.3 is 30.8 Å². The molecule has 144 valence electrons. The van der Waals surface area contributed by atoms with E-state index < -0.39 is 60.1 Å². The molecule has 0 aliphatic carbocycles. The Labute approximate surface area is 143 Å². The highest BCUT2D eigenvalue weighted by Crippen LogP contribution is 2.27. The first kappa shape index (κ1) is 20.0. The van der Waals surface area contributed by atoms with E-state index in [4.69, 9.17) is 9.99 Å². The van der Waals surface area contributed by atoms with Crippen molar-refractivity contribution >= 4 is 11.9 Å². The maximum atomic E-state index is 12.1. The molecule has 0 spiro atoms. The van der Waals surface area contributed by atoms with Gasteiger partial charge in [-0.3, -0.25) is 15.0 Å². The lowest BCUT2D eigenvalue weighted by atomic mass is 9.87. The van der Waals surface area contributed by atoms with Crippen molar-refractivity contribution in [3.63, 3.8) is 0 Å². The molecule has 2 heterocycles. The molecule has 0 aromatic carbocycles. The number of carbonyl (C=O) groups is 2. The van der Waals surface area contributed by atoms with Gasteiger partial charge in [-0.25, -0.2) is 4.79 Å². The van der Waals surface area contributed by atoms with E-state index in [2.05, 4.69) is 15.5 Å². The third kappa shape index (κ3) is 4.08. The van der Waals surface area contributed by atoms with E-state index in [1.54, 1.807) is 0 Å². The molecule has 0 radical (unpaired) electrons. The summed E-state index contributed by atoms with van der Waals surface area (Å²) in [6, 6.07) is -3.03. The van der Waals surface area contributed by atoms with Gasteiger partial charge in [0.15, 0.2) is 0 Å². The molecule has 0 aromatic rings. The normalized spacial score (nSPS) is 45.0. The highest BCUT2D eigenvalue weighted by Gasteiger charge is 2.48. The molecular formula is C14H24N2O9. The Hall–Kier alpha value is -1.34. The number of piperidine rings is 2. The van der Waals surface area contributed by atoms with Crippen LogP contribution in [0.3, 0.4) is 0 Å². The van der Waals surface area contributed by atoms with Gasteiger partial charge >= 0.3 is 11.9 Å². The standard InChI is InChI=1S/C14H24N2O9/c1-5-9(18)11(20)10(19)8(16-5)13(23)24-25-14(2)3-6(12(21)22)15-4-7(14)17/h5-11,15-20H,3-4H2,1-2H3,(H,21,22). The Kier molecular flexibility index (Phi) is 5.99. The first-order valence-corrected chi connectivity index (χ1v) is 7.91. The van der Waals surface area contributed by atoms with Crippen LogP contribution in [0.4, 0.5) is 0 Å². The van der Waals surface area contributed by atoms with E-state index in [0.29, 0.717) is 0 Å². The molecule has 8 unspecified atom stereocenters. The Balaban J connectivity index is 1.99. The minimum absolute atomic E-state index is 0.0722. The van der Waals surface area contributed by atoms with Crippen LogP contribution in [0.5, 0.6) is 0 Å².